The second kappa shape index (κ2) is 9.50. The quantitative estimate of drug-likeness (QED) is 0.552. The number of nitrogens with zero attached hydrogens (tertiary/aromatic N) is 1. The van der Waals surface area contributed by atoms with Crippen molar-refractivity contribution in [2.45, 2.75) is 44.7 Å². The highest BCUT2D eigenvalue weighted by atomic mass is 16.5. The van der Waals surface area contributed by atoms with Crippen LogP contribution in [0.2, 0.25) is 0 Å². The van der Waals surface area contributed by atoms with Crippen molar-refractivity contribution in [2.75, 3.05) is 27.9 Å². The number of amides is 1. The highest BCUT2D eigenvalue weighted by Gasteiger charge is 2.35. The summed E-state index contributed by atoms with van der Waals surface area (Å²) < 4.78 is 22.2. The number of benzene rings is 2. The van der Waals surface area contributed by atoms with Crippen LogP contribution in [0.5, 0.6) is 23.0 Å². The molecular weight excluding hydrogens is 394 g/mol. The number of rotatable bonds is 10. The first-order valence-electron chi connectivity index (χ1n) is 11.0. The van der Waals surface area contributed by atoms with E-state index in [1.165, 1.54) is 26.4 Å². The Kier molecular flexibility index (Phi) is 6.54. The van der Waals surface area contributed by atoms with Crippen LogP contribution in [0.25, 0.3) is 0 Å². The van der Waals surface area contributed by atoms with Crippen molar-refractivity contribution in [1.29, 1.82) is 0 Å². The van der Waals surface area contributed by atoms with Crippen LogP contribution in [0.4, 0.5) is 0 Å². The van der Waals surface area contributed by atoms with Crippen molar-refractivity contribution in [1.82, 2.24) is 4.90 Å². The molecule has 0 heterocycles. The molecule has 0 aliphatic heterocycles. The molecule has 0 spiro atoms. The van der Waals surface area contributed by atoms with Gasteiger partial charge in [-0.05, 0) is 61.4 Å². The second-order valence-electron chi connectivity index (χ2n) is 8.30. The molecular formula is C25H31NO5. The van der Waals surface area contributed by atoms with Crippen molar-refractivity contribution < 1.29 is 23.7 Å². The van der Waals surface area contributed by atoms with E-state index < -0.39 is 0 Å². The first-order valence-corrected chi connectivity index (χ1v) is 11.0. The highest BCUT2D eigenvalue weighted by Crippen LogP contribution is 2.41. The van der Waals surface area contributed by atoms with E-state index in [1.54, 1.807) is 26.4 Å². The van der Waals surface area contributed by atoms with Crippen LogP contribution in [0.15, 0.2) is 36.4 Å². The fraction of sp³-hybridized carbons (Fsp3) is 0.480. The van der Waals surface area contributed by atoms with Crippen molar-refractivity contribution in [2.24, 2.45) is 5.92 Å². The predicted molar refractivity (Wildman–Crippen MR) is 118 cm³/mol. The average molecular weight is 426 g/mol. The van der Waals surface area contributed by atoms with Gasteiger partial charge in [0, 0.05) is 12.6 Å². The van der Waals surface area contributed by atoms with Crippen molar-refractivity contribution in [3.63, 3.8) is 0 Å². The molecule has 6 nitrogen and oxygen atoms in total. The van der Waals surface area contributed by atoms with Gasteiger partial charge in [-0.3, -0.25) is 4.79 Å². The summed E-state index contributed by atoms with van der Waals surface area (Å²) in [4.78, 5) is 15.4. The maximum absolute atomic E-state index is 13.5. The molecule has 0 unspecified atom stereocenters. The fourth-order valence-corrected chi connectivity index (χ4v) is 3.94. The normalized spacial score (nSPS) is 15.7. The Morgan fingerprint density at radius 3 is 2.16 bits per heavy atom. The Morgan fingerprint density at radius 1 is 0.903 bits per heavy atom. The summed E-state index contributed by atoms with van der Waals surface area (Å²) in [6.45, 7) is 1.34. The molecule has 0 aromatic heterocycles. The van der Waals surface area contributed by atoms with Gasteiger partial charge in [-0.15, -0.1) is 0 Å². The number of hydrogen-bond acceptors (Lipinski definition) is 5. The van der Waals surface area contributed by atoms with Gasteiger partial charge in [-0.2, -0.15) is 0 Å². The molecule has 1 amide bonds. The molecule has 0 atom stereocenters. The summed E-state index contributed by atoms with van der Waals surface area (Å²) in [5.74, 6) is 2.90. The van der Waals surface area contributed by atoms with Crippen LogP contribution in [0, 0.1) is 5.92 Å². The lowest BCUT2D eigenvalue weighted by Crippen LogP contribution is -2.33. The molecule has 2 aliphatic rings. The molecule has 2 aromatic rings. The predicted octanol–water partition coefficient (Wildman–Crippen LogP) is 4.70. The Morgan fingerprint density at radius 2 is 1.61 bits per heavy atom. The van der Waals surface area contributed by atoms with Gasteiger partial charge in [-0.1, -0.05) is 18.6 Å². The third kappa shape index (κ3) is 4.73. The monoisotopic (exact) mass is 425 g/mol. The lowest BCUT2D eigenvalue weighted by atomic mass is 9.86. The zero-order valence-electron chi connectivity index (χ0n) is 18.6. The SMILES string of the molecule is COc1ccc(C(=O)N(Cc2ccc(OCC3CCC3)cc2)C2CC2)c(OC)c1OC. The summed E-state index contributed by atoms with van der Waals surface area (Å²) in [7, 11) is 4.65. The van der Waals surface area contributed by atoms with E-state index in [0.717, 1.165) is 30.8 Å². The van der Waals surface area contributed by atoms with Crippen LogP contribution >= 0.6 is 0 Å². The van der Waals surface area contributed by atoms with Crippen LogP contribution in [-0.2, 0) is 6.54 Å². The smallest absolute Gasteiger partial charge is 0.258 e. The summed E-state index contributed by atoms with van der Waals surface area (Å²) in [6.07, 6.45) is 5.91. The van der Waals surface area contributed by atoms with E-state index in [2.05, 4.69) is 0 Å². The van der Waals surface area contributed by atoms with Gasteiger partial charge in [0.1, 0.15) is 5.75 Å². The number of methoxy groups -OCH3 is 3. The summed E-state index contributed by atoms with van der Waals surface area (Å²) in [5.41, 5.74) is 1.56. The van der Waals surface area contributed by atoms with E-state index in [4.69, 9.17) is 18.9 Å². The van der Waals surface area contributed by atoms with Crippen LogP contribution in [0.3, 0.4) is 0 Å². The summed E-state index contributed by atoms with van der Waals surface area (Å²) >= 11 is 0. The van der Waals surface area contributed by atoms with Gasteiger partial charge in [0.2, 0.25) is 5.75 Å². The third-order valence-corrected chi connectivity index (χ3v) is 6.17. The molecule has 0 radical (unpaired) electrons. The molecule has 0 N–H and O–H groups in total. The lowest BCUT2D eigenvalue weighted by molar-refractivity contribution is 0.0725. The Balaban J connectivity index is 1.49. The van der Waals surface area contributed by atoms with Crippen LogP contribution < -0.4 is 18.9 Å². The minimum Gasteiger partial charge on any atom is -0.493 e. The number of carbonyl (C=O) groups excluding carboxylic acids is 1. The molecule has 4 rings (SSSR count). The summed E-state index contributed by atoms with van der Waals surface area (Å²) in [6, 6.07) is 11.8. The Bertz CT molecular complexity index is 903. The van der Waals surface area contributed by atoms with Gasteiger partial charge < -0.3 is 23.8 Å². The second-order valence-corrected chi connectivity index (χ2v) is 8.30. The van der Waals surface area contributed by atoms with E-state index in [0.29, 0.717) is 35.3 Å². The molecule has 0 saturated heterocycles. The van der Waals surface area contributed by atoms with Gasteiger partial charge in [0.05, 0.1) is 33.5 Å². The Hall–Kier alpha value is -2.89. The third-order valence-electron chi connectivity index (χ3n) is 6.17. The zero-order valence-corrected chi connectivity index (χ0v) is 18.6. The van der Waals surface area contributed by atoms with Gasteiger partial charge in [0.25, 0.3) is 5.91 Å². The minimum absolute atomic E-state index is 0.0642. The zero-order chi connectivity index (χ0) is 21.8. The minimum atomic E-state index is -0.0642. The molecule has 2 fully saturated rings. The molecule has 0 bridgehead atoms. The fourth-order valence-electron chi connectivity index (χ4n) is 3.94. The summed E-state index contributed by atoms with van der Waals surface area (Å²) in [5, 5.41) is 0. The van der Waals surface area contributed by atoms with Crippen LogP contribution in [-0.4, -0.2) is 44.8 Å². The molecule has 166 valence electrons. The van der Waals surface area contributed by atoms with Crippen molar-refractivity contribution in [3.8, 4) is 23.0 Å². The topological polar surface area (TPSA) is 57.2 Å². The largest absolute Gasteiger partial charge is 0.493 e. The maximum atomic E-state index is 13.5. The standard InChI is InChI=1S/C25H31NO5/c1-28-22-14-13-21(23(29-2)24(22)30-3)25(27)26(19-9-10-19)15-17-7-11-20(12-8-17)31-16-18-5-4-6-18/h7-8,11-14,18-19H,4-6,9-10,15-16H2,1-3H3. The van der Waals surface area contributed by atoms with E-state index in [9.17, 15) is 4.79 Å². The molecule has 2 saturated carbocycles. The number of ether oxygens (including phenoxy) is 4. The molecule has 2 aliphatic carbocycles. The molecule has 31 heavy (non-hydrogen) atoms. The average Bonchev–Trinajstić information content (AvgIpc) is 3.61. The van der Waals surface area contributed by atoms with E-state index in [-0.39, 0.29) is 11.9 Å². The van der Waals surface area contributed by atoms with Gasteiger partial charge in [-0.25, -0.2) is 0 Å². The van der Waals surface area contributed by atoms with Crippen LogP contribution in [0.1, 0.15) is 48.0 Å². The van der Waals surface area contributed by atoms with E-state index in [1.807, 2.05) is 29.2 Å². The highest BCUT2D eigenvalue weighted by molar-refractivity contribution is 5.98. The van der Waals surface area contributed by atoms with Gasteiger partial charge >= 0.3 is 0 Å². The Labute approximate surface area is 184 Å². The van der Waals surface area contributed by atoms with Crippen molar-refractivity contribution in [3.05, 3.63) is 47.5 Å². The lowest BCUT2D eigenvalue weighted by Gasteiger charge is -2.25. The van der Waals surface area contributed by atoms with E-state index >= 15 is 0 Å². The van der Waals surface area contributed by atoms with Gasteiger partial charge in [0.15, 0.2) is 11.5 Å². The van der Waals surface area contributed by atoms with Crippen molar-refractivity contribution >= 4 is 5.91 Å². The maximum Gasteiger partial charge on any atom is 0.258 e. The first-order chi connectivity index (χ1) is 15.1. The molecule has 2 aromatic carbocycles. The number of carbonyl (C=O) groups is 1. The molecule has 6 heteroatoms. The number of hydrogen-bond donors (Lipinski definition) is 0. The first kappa shape index (κ1) is 21.3.